The van der Waals surface area contributed by atoms with Crippen molar-refractivity contribution in [3.63, 3.8) is 0 Å². The average molecular weight is 318 g/mol. The fraction of sp³-hybridized carbons (Fsp3) is 0.250. The van der Waals surface area contributed by atoms with E-state index in [0.29, 0.717) is 5.69 Å². The molecular formula is C16H18N2O3S. The Morgan fingerprint density at radius 1 is 1.23 bits per heavy atom. The zero-order valence-electron chi connectivity index (χ0n) is 12.5. The molecule has 2 aromatic rings. The molecule has 2 N–H and O–H groups in total. The maximum Gasteiger partial charge on any atom is 0.261 e. The SMILES string of the molecule is C[C@H](CNC(=O)c1ccc(-c2ccccc2)[nH]c1=O)[S@](C)=O. The number of carbonyl (C=O) groups excluding carboxylic acids is 1. The van der Waals surface area contributed by atoms with Crippen LogP contribution >= 0.6 is 0 Å². The Hall–Kier alpha value is -2.21. The molecule has 0 radical (unpaired) electrons. The number of aromatic nitrogens is 1. The van der Waals surface area contributed by atoms with Crippen molar-refractivity contribution in [3.05, 3.63) is 58.4 Å². The van der Waals surface area contributed by atoms with Crippen molar-refractivity contribution in [1.29, 1.82) is 0 Å². The van der Waals surface area contributed by atoms with Crippen LogP contribution in [0.2, 0.25) is 0 Å². The maximum absolute atomic E-state index is 12.1. The van der Waals surface area contributed by atoms with Crippen molar-refractivity contribution in [1.82, 2.24) is 10.3 Å². The van der Waals surface area contributed by atoms with E-state index < -0.39 is 22.3 Å². The van der Waals surface area contributed by atoms with Gasteiger partial charge in [0.2, 0.25) is 0 Å². The van der Waals surface area contributed by atoms with Crippen molar-refractivity contribution in [2.75, 3.05) is 12.8 Å². The fourth-order valence-electron chi connectivity index (χ4n) is 1.89. The summed E-state index contributed by atoms with van der Waals surface area (Å²) in [7, 11) is -1.02. The Balaban J connectivity index is 2.15. The van der Waals surface area contributed by atoms with E-state index in [-0.39, 0.29) is 17.4 Å². The minimum atomic E-state index is -1.02. The van der Waals surface area contributed by atoms with E-state index in [1.165, 1.54) is 6.07 Å². The Labute approximate surface area is 131 Å². The van der Waals surface area contributed by atoms with E-state index in [9.17, 15) is 13.8 Å². The summed E-state index contributed by atoms with van der Waals surface area (Å²) in [6.45, 7) is 2.04. The van der Waals surface area contributed by atoms with Gasteiger partial charge in [-0.2, -0.15) is 0 Å². The normalized spacial score (nSPS) is 13.4. The predicted octanol–water partition coefficient (Wildman–Crippen LogP) is 1.54. The number of amides is 1. The van der Waals surface area contributed by atoms with Crippen molar-refractivity contribution < 1.29 is 9.00 Å². The highest BCUT2D eigenvalue weighted by atomic mass is 32.2. The number of nitrogens with one attached hydrogen (secondary N) is 2. The topological polar surface area (TPSA) is 79.0 Å². The fourth-order valence-corrected chi connectivity index (χ4v) is 2.21. The summed E-state index contributed by atoms with van der Waals surface area (Å²) in [5, 5.41) is 2.47. The van der Waals surface area contributed by atoms with Crippen LogP contribution in [0.5, 0.6) is 0 Å². The molecule has 0 bridgehead atoms. The zero-order chi connectivity index (χ0) is 16.1. The van der Waals surface area contributed by atoms with Gasteiger partial charge in [-0.25, -0.2) is 0 Å². The largest absolute Gasteiger partial charge is 0.351 e. The maximum atomic E-state index is 12.1. The molecule has 2 atom stereocenters. The number of benzene rings is 1. The molecule has 0 aliphatic rings. The van der Waals surface area contributed by atoms with Crippen LogP contribution in [0.25, 0.3) is 11.3 Å². The lowest BCUT2D eigenvalue weighted by molar-refractivity contribution is 0.0952. The number of pyridine rings is 1. The Morgan fingerprint density at radius 2 is 1.91 bits per heavy atom. The molecule has 0 aliphatic heterocycles. The first-order valence-corrected chi connectivity index (χ1v) is 8.50. The second kappa shape index (κ2) is 7.17. The lowest BCUT2D eigenvalue weighted by atomic mass is 10.1. The van der Waals surface area contributed by atoms with Gasteiger partial charge in [-0.05, 0) is 24.6 Å². The van der Waals surface area contributed by atoms with Crippen molar-refractivity contribution in [2.45, 2.75) is 12.2 Å². The molecule has 1 aromatic carbocycles. The van der Waals surface area contributed by atoms with Gasteiger partial charge in [0.05, 0.1) is 0 Å². The third-order valence-corrected chi connectivity index (χ3v) is 4.66. The van der Waals surface area contributed by atoms with Gasteiger partial charge in [-0.1, -0.05) is 30.3 Å². The van der Waals surface area contributed by atoms with Gasteiger partial charge in [0.15, 0.2) is 0 Å². The Bertz CT molecular complexity index is 741. The molecule has 0 aliphatic carbocycles. The quantitative estimate of drug-likeness (QED) is 0.877. The summed E-state index contributed by atoms with van der Waals surface area (Å²) in [5.41, 5.74) is 1.14. The summed E-state index contributed by atoms with van der Waals surface area (Å²) in [5.74, 6) is -0.460. The predicted molar refractivity (Wildman–Crippen MR) is 88.4 cm³/mol. The molecule has 5 nitrogen and oxygen atoms in total. The highest BCUT2D eigenvalue weighted by Crippen LogP contribution is 2.14. The number of H-pyrrole nitrogens is 1. The Morgan fingerprint density at radius 3 is 2.50 bits per heavy atom. The van der Waals surface area contributed by atoms with E-state index in [1.54, 1.807) is 19.2 Å². The first-order chi connectivity index (χ1) is 10.5. The van der Waals surface area contributed by atoms with Crippen LogP contribution in [0.15, 0.2) is 47.3 Å². The van der Waals surface area contributed by atoms with E-state index in [1.807, 2.05) is 30.3 Å². The van der Waals surface area contributed by atoms with Crippen LogP contribution in [0, 0.1) is 0 Å². The number of aromatic amines is 1. The lowest BCUT2D eigenvalue weighted by Gasteiger charge is -2.10. The van der Waals surface area contributed by atoms with E-state index in [2.05, 4.69) is 10.3 Å². The van der Waals surface area contributed by atoms with Crippen LogP contribution in [0.4, 0.5) is 0 Å². The van der Waals surface area contributed by atoms with Gasteiger partial charge in [0, 0.05) is 34.5 Å². The minimum Gasteiger partial charge on any atom is -0.351 e. The molecule has 22 heavy (non-hydrogen) atoms. The first kappa shape index (κ1) is 16.2. The molecule has 1 aromatic heterocycles. The van der Waals surface area contributed by atoms with E-state index >= 15 is 0 Å². The number of hydrogen-bond acceptors (Lipinski definition) is 3. The second-order valence-electron chi connectivity index (χ2n) is 5.00. The third-order valence-electron chi connectivity index (χ3n) is 3.36. The van der Waals surface area contributed by atoms with Gasteiger partial charge >= 0.3 is 0 Å². The van der Waals surface area contributed by atoms with Crippen LogP contribution in [0.1, 0.15) is 17.3 Å². The summed E-state index contributed by atoms with van der Waals surface area (Å²) < 4.78 is 11.3. The standard InChI is InChI=1S/C16H18N2O3S/c1-11(22(2)21)10-17-15(19)13-8-9-14(18-16(13)20)12-6-4-3-5-7-12/h3-9,11H,10H2,1-2H3,(H,17,19)(H,18,20)/t11-,22+/m1/s1. The monoisotopic (exact) mass is 318 g/mol. The highest BCUT2D eigenvalue weighted by molar-refractivity contribution is 7.84. The summed E-state index contributed by atoms with van der Waals surface area (Å²) in [4.78, 5) is 26.8. The van der Waals surface area contributed by atoms with Gasteiger partial charge in [-0.15, -0.1) is 0 Å². The van der Waals surface area contributed by atoms with Crippen LogP contribution < -0.4 is 10.9 Å². The van der Waals surface area contributed by atoms with Crippen LogP contribution in [0.3, 0.4) is 0 Å². The van der Waals surface area contributed by atoms with Gasteiger partial charge in [0.25, 0.3) is 11.5 Å². The van der Waals surface area contributed by atoms with Crippen LogP contribution in [-0.2, 0) is 10.8 Å². The molecule has 6 heteroatoms. The molecule has 0 fully saturated rings. The summed E-state index contributed by atoms with van der Waals surface area (Å²) >= 11 is 0. The molecule has 1 heterocycles. The van der Waals surface area contributed by atoms with Crippen molar-refractivity contribution in [2.24, 2.45) is 0 Å². The molecule has 1 amide bonds. The molecule has 0 spiro atoms. The Kier molecular flexibility index (Phi) is 5.27. The zero-order valence-corrected chi connectivity index (χ0v) is 13.3. The first-order valence-electron chi connectivity index (χ1n) is 6.88. The molecule has 2 rings (SSSR count). The average Bonchev–Trinajstić information content (AvgIpc) is 2.52. The second-order valence-corrected chi connectivity index (χ2v) is 6.80. The van der Waals surface area contributed by atoms with Crippen LogP contribution in [-0.4, -0.2) is 33.2 Å². The lowest BCUT2D eigenvalue weighted by Crippen LogP contribution is -2.35. The number of carbonyl (C=O) groups is 1. The molecule has 116 valence electrons. The van der Waals surface area contributed by atoms with E-state index in [4.69, 9.17) is 0 Å². The van der Waals surface area contributed by atoms with Gasteiger partial charge in [0.1, 0.15) is 5.56 Å². The van der Waals surface area contributed by atoms with E-state index in [0.717, 1.165) is 5.56 Å². The number of rotatable bonds is 5. The number of hydrogen-bond donors (Lipinski definition) is 2. The molecular weight excluding hydrogens is 300 g/mol. The van der Waals surface area contributed by atoms with Gasteiger partial charge in [-0.3, -0.25) is 13.8 Å². The highest BCUT2D eigenvalue weighted by Gasteiger charge is 2.13. The third kappa shape index (κ3) is 3.92. The molecule has 0 unspecified atom stereocenters. The van der Waals surface area contributed by atoms with Gasteiger partial charge < -0.3 is 10.3 Å². The van der Waals surface area contributed by atoms with Crippen molar-refractivity contribution in [3.8, 4) is 11.3 Å². The molecule has 0 saturated carbocycles. The summed E-state index contributed by atoms with van der Waals surface area (Å²) in [6, 6.07) is 12.6. The van der Waals surface area contributed by atoms with Crippen molar-refractivity contribution >= 4 is 16.7 Å². The molecule has 0 saturated heterocycles. The minimum absolute atomic E-state index is 0.0498. The summed E-state index contributed by atoms with van der Waals surface area (Å²) in [6.07, 6.45) is 1.58. The smallest absolute Gasteiger partial charge is 0.261 e.